The quantitative estimate of drug-likeness (QED) is 0.361. The number of hydrogen-bond acceptors (Lipinski definition) is 6. The topological polar surface area (TPSA) is 75.6 Å². The molecule has 0 atom stereocenters. The van der Waals surface area contributed by atoms with Crippen LogP contribution in [0.2, 0.25) is 0 Å². The van der Waals surface area contributed by atoms with Gasteiger partial charge in [0.2, 0.25) is 0 Å². The third kappa shape index (κ3) is 5.52. The minimum atomic E-state index is 0.756. The van der Waals surface area contributed by atoms with Crippen LogP contribution in [0, 0.1) is 27.7 Å². The zero-order valence-electron chi connectivity index (χ0n) is 19.9. The van der Waals surface area contributed by atoms with Crippen molar-refractivity contribution in [2.75, 3.05) is 10.6 Å². The van der Waals surface area contributed by atoms with Crippen LogP contribution in [-0.4, -0.2) is 19.9 Å². The molecule has 33 heavy (non-hydrogen) atoms. The molecule has 0 aliphatic carbocycles. The van der Waals surface area contributed by atoms with Crippen LogP contribution < -0.4 is 10.6 Å². The molecular formula is C27H30N6. The van der Waals surface area contributed by atoms with Crippen molar-refractivity contribution in [2.45, 2.75) is 47.5 Å². The predicted molar refractivity (Wildman–Crippen MR) is 135 cm³/mol. The average Bonchev–Trinajstić information content (AvgIpc) is 2.78. The molecule has 0 bridgehead atoms. The maximum atomic E-state index is 4.78. The lowest BCUT2D eigenvalue weighted by Gasteiger charge is -2.17. The molecule has 0 fully saturated rings. The molecule has 2 heterocycles. The highest BCUT2D eigenvalue weighted by molar-refractivity contribution is 5.70. The van der Waals surface area contributed by atoms with Crippen LogP contribution in [0.25, 0.3) is 0 Å². The molecule has 0 amide bonds. The van der Waals surface area contributed by atoms with Crippen LogP contribution in [0.5, 0.6) is 0 Å². The maximum Gasteiger partial charge on any atom is 0.137 e. The van der Waals surface area contributed by atoms with E-state index in [-0.39, 0.29) is 0 Å². The Labute approximate surface area is 195 Å². The van der Waals surface area contributed by atoms with E-state index < -0.39 is 0 Å². The summed E-state index contributed by atoms with van der Waals surface area (Å²) in [7, 11) is 0. The lowest BCUT2D eigenvalue weighted by molar-refractivity contribution is 0.964. The number of benzene rings is 2. The van der Waals surface area contributed by atoms with Gasteiger partial charge in [-0.05, 0) is 57.4 Å². The van der Waals surface area contributed by atoms with Crippen molar-refractivity contribution in [3.63, 3.8) is 0 Å². The van der Waals surface area contributed by atoms with Crippen molar-refractivity contribution in [3.8, 4) is 0 Å². The molecule has 0 aliphatic rings. The number of nitrogens with one attached hydrogen (secondary N) is 2. The van der Waals surface area contributed by atoms with Crippen molar-refractivity contribution in [1.82, 2.24) is 19.9 Å². The predicted octanol–water partition coefficient (Wildman–Crippen LogP) is 6.14. The number of hydrogen-bond donors (Lipinski definition) is 2. The van der Waals surface area contributed by atoms with E-state index in [1.807, 2.05) is 19.9 Å². The highest BCUT2D eigenvalue weighted by Crippen LogP contribution is 2.29. The number of nitrogens with zero attached hydrogens (tertiary/aromatic N) is 4. The van der Waals surface area contributed by atoms with Gasteiger partial charge in [0.15, 0.2) is 0 Å². The standard InChI is InChI=1S/C27H30N6/c1-6-22-11-12-23(32-26-13-18(3)28-16-29-26)15-25(22)33-27-24(19(4)30-20(5)31-27)14-21-9-7-17(2)8-10-21/h7-13,15-16H,6,14H2,1-5H3,(H,28,29,32)(H,30,31,33). The molecule has 0 radical (unpaired) electrons. The maximum absolute atomic E-state index is 4.78. The molecule has 2 aromatic carbocycles. The molecule has 0 unspecified atom stereocenters. The Bertz CT molecular complexity index is 1260. The summed E-state index contributed by atoms with van der Waals surface area (Å²) in [5.74, 6) is 2.38. The monoisotopic (exact) mass is 438 g/mol. The number of anilines is 4. The van der Waals surface area contributed by atoms with Crippen LogP contribution in [0.3, 0.4) is 0 Å². The first kappa shape index (κ1) is 22.4. The summed E-state index contributed by atoms with van der Waals surface area (Å²) in [6.07, 6.45) is 3.25. The van der Waals surface area contributed by atoms with Gasteiger partial charge >= 0.3 is 0 Å². The first-order chi connectivity index (χ1) is 15.9. The second-order valence-corrected chi connectivity index (χ2v) is 8.37. The van der Waals surface area contributed by atoms with Gasteiger partial charge in [0.1, 0.15) is 23.8 Å². The van der Waals surface area contributed by atoms with Crippen LogP contribution in [0.4, 0.5) is 23.0 Å². The molecule has 2 aromatic heterocycles. The summed E-state index contributed by atoms with van der Waals surface area (Å²) in [6.45, 7) is 10.2. The molecule has 4 aromatic rings. The molecule has 2 N–H and O–H groups in total. The summed E-state index contributed by atoms with van der Waals surface area (Å²) in [5.41, 5.74) is 8.71. The van der Waals surface area contributed by atoms with Gasteiger partial charge in [0.05, 0.1) is 0 Å². The smallest absolute Gasteiger partial charge is 0.137 e. The van der Waals surface area contributed by atoms with Gasteiger partial charge in [0, 0.05) is 40.8 Å². The molecule has 0 aliphatic heterocycles. The first-order valence-electron chi connectivity index (χ1n) is 11.3. The molecule has 0 spiro atoms. The third-order valence-electron chi connectivity index (χ3n) is 5.65. The zero-order valence-corrected chi connectivity index (χ0v) is 19.9. The molecule has 168 valence electrons. The van der Waals surface area contributed by atoms with E-state index in [0.29, 0.717) is 0 Å². The SMILES string of the molecule is CCc1ccc(Nc2cc(C)ncn2)cc1Nc1nc(C)nc(C)c1Cc1ccc(C)cc1. The molecule has 0 saturated carbocycles. The fourth-order valence-corrected chi connectivity index (χ4v) is 3.84. The Kier molecular flexibility index (Phi) is 6.63. The Morgan fingerprint density at radius 3 is 2.33 bits per heavy atom. The van der Waals surface area contributed by atoms with Gasteiger partial charge in [-0.15, -0.1) is 0 Å². The highest BCUT2D eigenvalue weighted by atomic mass is 15.1. The van der Waals surface area contributed by atoms with Gasteiger partial charge in [-0.1, -0.05) is 42.8 Å². The van der Waals surface area contributed by atoms with E-state index in [2.05, 4.69) is 88.8 Å². The van der Waals surface area contributed by atoms with Gasteiger partial charge in [-0.25, -0.2) is 19.9 Å². The molecule has 6 heteroatoms. The third-order valence-corrected chi connectivity index (χ3v) is 5.65. The van der Waals surface area contributed by atoms with E-state index in [1.165, 1.54) is 16.7 Å². The minimum Gasteiger partial charge on any atom is -0.340 e. The number of aromatic nitrogens is 4. The minimum absolute atomic E-state index is 0.756. The van der Waals surface area contributed by atoms with Gasteiger partial charge in [0.25, 0.3) is 0 Å². The van der Waals surface area contributed by atoms with E-state index in [1.54, 1.807) is 6.33 Å². The van der Waals surface area contributed by atoms with E-state index in [0.717, 1.165) is 58.6 Å². The average molecular weight is 439 g/mol. The van der Waals surface area contributed by atoms with Crippen molar-refractivity contribution in [3.05, 3.63) is 94.3 Å². The highest BCUT2D eigenvalue weighted by Gasteiger charge is 2.14. The summed E-state index contributed by atoms with van der Waals surface area (Å²) < 4.78 is 0. The van der Waals surface area contributed by atoms with Crippen molar-refractivity contribution in [2.24, 2.45) is 0 Å². The summed E-state index contributed by atoms with van der Waals surface area (Å²) in [6, 6.07) is 16.9. The Morgan fingerprint density at radius 2 is 1.61 bits per heavy atom. The van der Waals surface area contributed by atoms with Crippen molar-refractivity contribution >= 4 is 23.0 Å². The van der Waals surface area contributed by atoms with E-state index >= 15 is 0 Å². The second kappa shape index (κ2) is 9.77. The fraction of sp³-hybridized carbons (Fsp3) is 0.259. The van der Waals surface area contributed by atoms with Crippen molar-refractivity contribution < 1.29 is 0 Å². The normalized spacial score (nSPS) is 10.8. The lowest BCUT2D eigenvalue weighted by atomic mass is 10.0. The first-order valence-corrected chi connectivity index (χ1v) is 11.3. The summed E-state index contributed by atoms with van der Waals surface area (Å²) >= 11 is 0. The summed E-state index contributed by atoms with van der Waals surface area (Å²) in [5, 5.41) is 7.00. The fourth-order valence-electron chi connectivity index (χ4n) is 3.84. The Balaban J connectivity index is 1.68. The molecular weight excluding hydrogens is 408 g/mol. The van der Waals surface area contributed by atoms with Crippen LogP contribution >= 0.6 is 0 Å². The molecule has 0 saturated heterocycles. The van der Waals surface area contributed by atoms with Crippen molar-refractivity contribution in [1.29, 1.82) is 0 Å². The summed E-state index contributed by atoms with van der Waals surface area (Å²) in [4.78, 5) is 17.9. The van der Waals surface area contributed by atoms with Crippen LogP contribution in [-0.2, 0) is 12.8 Å². The van der Waals surface area contributed by atoms with Crippen LogP contribution in [0.15, 0.2) is 54.9 Å². The number of rotatable bonds is 7. The Morgan fingerprint density at radius 1 is 0.818 bits per heavy atom. The van der Waals surface area contributed by atoms with Gasteiger partial charge in [-0.2, -0.15) is 0 Å². The second-order valence-electron chi connectivity index (χ2n) is 8.37. The Hall–Kier alpha value is -3.80. The molecule has 6 nitrogen and oxygen atoms in total. The molecule has 4 rings (SSSR count). The van der Waals surface area contributed by atoms with Gasteiger partial charge in [-0.3, -0.25) is 0 Å². The zero-order chi connectivity index (χ0) is 23.4. The van der Waals surface area contributed by atoms with Gasteiger partial charge < -0.3 is 10.6 Å². The van der Waals surface area contributed by atoms with E-state index in [4.69, 9.17) is 4.98 Å². The van der Waals surface area contributed by atoms with E-state index in [9.17, 15) is 0 Å². The number of aryl methyl sites for hydroxylation is 5. The lowest BCUT2D eigenvalue weighted by Crippen LogP contribution is -2.08. The largest absolute Gasteiger partial charge is 0.340 e. The van der Waals surface area contributed by atoms with Crippen LogP contribution in [0.1, 0.15) is 46.4 Å².